The Kier molecular flexibility index (Phi) is 4.93. The van der Waals surface area contributed by atoms with Gasteiger partial charge in [-0.15, -0.1) is 0 Å². The average Bonchev–Trinajstić information content (AvgIpc) is 2.48. The summed E-state index contributed by atoms with van der Waals surface area (Å²) in [7, 11) is 0. The van der Waals surface area contributed by atoms with E-state index in [9.17, 15) is 18.0 Å². The molecule has 2 aromatic rings. The van der Waals surface area contributed by atoms with Gasteiger partial charge in [-0.2, -0.15) is 13.2 Å². The minimum Gasteiger partial charge on any atom is -0.484 e. The Morgan fingerprint density at radius 3 is 2.43 bits per heavy atom. The maximum absolute atomic E-state index is 12.8. The summed E-state index contributed by atoms with van der Waals surface area (Å²) in [5, 5.41) is 2.23. The number of hydrogen-bond donors (Lipinski definition) is 1. The van der Waals surface area contributed by atoms with Crippen LogP contribution in [-0.2, 0) is 11.0 Å². The SMILES string of the molecule is Cc1ccc(OCC(=O)Nc2ccccc2C(F)(F)F)cc1C. The number of hydrogen-bond acceptors (Lipinski definition) is 2. The maximum atomic E-state index is 12.8. The molecule has 0 heterocycles. The van der Waals surface area contributed by atoms with Gasteiger partial charge in [0.2, 0.25) is 0 Å². The van der Waals surface area contributed by atoms with Crippen LogP contribution >= 0.6 is 0 Å². The molecule has 23 heavy (non-hydrogen) atoms. The Morgan fingerprint density at radius 1 is 1.09 bits per heavy atom. The van der Waals surface area contributed by atoms with Gasteiger partial charge in [0.15, 0.2) is 6.61 Å². The van der Waals surface area contributed by atoms with Crippen LogP contribution < -0.4 is 10.1 Å². The van der Waals surface area contributed by atoms with Gasteiger partial charge in [-0.25, -0.2) is 0 Å². The first-order valence-electron chi connectivity index (χ1n) is 6.93. The lowest BCUT2D eigenvalue weighted by atomic mass is 10.1. The molecule has 2 rings (SSSR count). The maximum Gasteiger partial charge on any atom is 0.418 e. The highest BCUT2D eigenvalue weighted by Crippen LogP contribution is 2.34. The fourth-order valence-electron chi connectivity index (χ4n) is 1.98. The van der Waals surface area contributed by atoms with Crippen LogP contribution in [-0.4, -0.2) is 12.5 Å². The lowest BCUT2D eigenvalue weighted by molar-refractivity contribution is -0.137. The molecule has 0 fully saturated rings. The van der Waals surface area contributed by atoms with Gasteiger partial charge in [-0.3, -0.25) is 4.79 Å². The summed E-state index contributed by atoms with van der Waals surface area (Å²) in [4.78, 5) is 11.8. The average molecular weight is 323 g/mol. The van der Waals surface area contributed by atoms with Crippen molar-refractivity contribution in [3.63, 3.8) is 0 Å². The predicted octanol–water partition coefficient (Wildman–Crippen LogP) is 4.34. The summed E-state index contributed by atoms with van der Waals surface area (Å²) in [5.74, 6) is -0.160. The topological polar surface area (TPSA) is 38.3 Å². The van der Waals surface area contributed by atoms with E-state index in [1.807, 2.05) is 19.9 Å². The molecular formula is C17H16F3NO2. The van der Waals surface area contributed by atoms with Crippen molar-refractivity contribution in [1.82, 2.24) is 0 Å². The number of carbonyl (C=O) groups excluding carboxylic acids is 1. The minimum atomic E-state index is -4.53. The monoisotopic (exact) mass is 323 g/mol. The van der Waals surface area contributed by atoms with E-state index in [1.165, 1.54) is 18.2 Å². The number of amides is 1. The zero-order valence-corrected chi connectivity index (χ0v) is 12.7. The van der Waals surface area contributed by atoms with Gasteiger partial charge >= 0.3 is 6.18 Å². The second kappa shape index (κ2) is 6.73. The molecule has 3 nitrogen and oxygen atoms in total. The summed E-state index contributed by atoms with van der Waals surface area (Å²) in [6.07, 6.45) is -4.53. The number of benzene rings is 2. The number of halogens is 3. The highest BCUT2D eigenvalue weighted by Gasteiger charge is 2.33. The number of aryl methyl sites for hydroxylation is 2. The van der Waals surface area contributed by atoms with Crippen LogP contribution in [0, 0.1) is 13.8 Å². The second-order valence-corrected chi connectivity index (χ2v) is 5.13. The first kappa shape index (κ1) is 16.9. The van der Waals surface area contributed by atoms with Crippen LogP contribution in [0.25, 0.3) is 0 Å². The molecule has 0 atom stereocenters. The summed E-state index contributed by atoms with van der Waals surface area (Å²) < 4.78 is 43.9. The van der Waals surface area contributed by atoms with Gasteiger partial charge in [0, 0.05) is 0 Å². The largest absolute Gasteiger partial charge is 0.484 e. The second-order valence-electron chi connectivity index (χ2n) is 5.13. The molecule has 0 aromatic heterocycles. The minimum absolute atomic E-state index is 0.284. The van der Waals surface area contributed by atoms with E-state index < -0.39 is 17.6 Å². The lowest BCUT2D eigenvalue weighted by Crippen LogP contribution is -2.22. The number of nitrogens with one attached hydrogen (secondary N) is 1. The van der Waals surface area contributed by atoms with Crippen molar-refractivity contribution in [3.05, 3.63) is 59.2 Å². The zero-order chi connectivity index (χ0) is 17.0. The van der Waals surface area contributed by atoms with Gasteiger partial charge in [-0.1, -0.05) is 18.2 Å². The predicted molar refractivity (Wildman–Crippen MR) is 81.5 cm³/mol. The molecule has 122 valence electrons. The van der Waals surface area contributed by atoms with E-state index in [2.05, 4.69) is 5.32 Å². The summed E-state index contributed by atoms with van der Waals surface area (Å²) in [6, 6.07) is 10.1. The molecule has 0 saturated heterocycles. The van der Waals surface area contributed by atoms with Crippen molar-refractivity contribution in [2.24, 2.45) is 0 Å². The Labute approximate surface area is 132 Å². The fraction of sp³-hybridized carbons (Fsp3) is 0.235. The molecule has 6 heteroatoms. The van der Waals surface area contributed by atoms with Gasteiger partial charge in [0.1, 0.15) is 5.75 Å². The van der Waals surface area contributed by atoms with Crippen molar-refractivity contribution >= 4 is 11.6 Å². The van der Waals surface area contributed by atoms with Crippen LogP contribution in [0.5, 0.6) is 5.75 Å². The number of anilines is 1. The molecule has 2 aromatic carbocycles. The Balaban J connectivity index is 2.02. The van der Waals surface area contributed by atoms with E-state index in [-0.39, 0.29) is 12.3 Å². The van der Waals surface area contributed by atoms with E-state index in [0.29, 0.717) is 5.75 Å². The van der Waals surface area contributed by atoms with Crippen molar-refractivity contribution in [2.75, 3.05) is 11.9 Å². The Morgan fingerprint density at radius 2 is 1.78 bits per heavy atom. The van der Waals surface area contributed by atoms with E-state index in [1.54, 1.807) is 12.1 Å². The van der Waals surface area contributed by atoms with Crippen LogP contribution in [0.15, 0.2) is 42.5 Å². The molecule has 0 unspecified atom stereocenters. The summed E-state index contributed by atoms with van der Waals surface area (Å²) in [5.41, 5.74) is 0.916. The quantitative estimate of drug-likeness (QED) is 0.909. The van der Waals surface area contributed by atoms with Crippen molar-refractivity contribution in [3.8, 4) is 5.75 Å². The number of alkyl halides is 3. The van der Waals surface area contributed by atoms with E-state index in [0.717, 1.165) is 17.2 Å². The number of carbonyl (C=O) groups is 1. The molecule has 1 amide bonds. The fourth-order valence-corrected chi connectivity index (χ4v) is 1.98. The number of ether oxygens (including phenoxy) is 1. The highest BCUT2D eigenvalue weighted by molar-refractivity contribution is 5.92. The summed E-state index contributed by atoms with van der Waals surface area (Å²) >= 11 is 0. The first-order valence-corrected chi connectivity index (χ1v) is 6.93. The van der Waals surface area contributed by atoms with E-state index >= 15 is 0 Å². The molecule has 0 radical (unpaired) electrons. The molecular weight excluding hydrogens is 307 g/mol. The Hall–Kier alpha value is -2.50. The van der Waals surface area contributed by atoms with Gasteiger partial charge in [-0.05, 0) is 49.2 Å². The van der Waals surface area contributed by atoms with Crippen molar-refractivity contribution < 1.29 is 22.7 Å². The van der Waals surface area contributed by atoms with Crippen LogP contribution in [0.1, 0.15) is 16.7 Å². The van der Waals surface area contributed by atoms with Gasteiger partial charge in [0.05, 0.1) is 11.3 Å². The van der Waals surface area contributed by atoms with Crippen LogP contribution in [0.3, 0.4) is 0 Å². The number of rotatable bonds is 4. The van der Waals surface area contributed by atoms with Gasteiger partial charge in [0.25, 0.3) is 5.91 Å². The smallest absolute Gasteiger partial charge is 0.418 e. The third-order valence-electron chi connectivity index (χ3n) is 3.35. The van der Waals surface area contributed by atoms with Crippen molar-refractivity contribution in [2.45, 2.75) is 20.0 Å². The lowest BCUT2D eigenvalue weighted by Gasteiger charge is -2.14. The Bertz CT molecular complexity index is 711. The van der Waals surface area contributed by atoms with Crippen LogP contribution in [0.2, 0.25) is 0 Å². The number of para-hydroxylation sites is 1. The molecule has 1 N–H and O–H groups in total. The molecule has 0 bridgehead atoms. The summed E-state index contributed by atoms with van der Waals surface area (Å²) in [6.45, 7) is 3.48. The molecule has 0 aliphatic heterocycles. The first-order chi connectivity index (χ1) is 10.8. The molecule has 0 aliphatic rings. The van der Waals surface area contributed by atoms with E-state index in [4.69, 9.17) is 4.74 Å². The zero-order valence-electron chi connectivity index (χ0n) is 12.7. The molecule has 0 saturated carbocycles. The third-order valence-corrected chi connectivity index (χ3v) is 3.35. The molecule has 0 spiro atoms. The van der Waals surface area contributed by atoms with Crippen molar-refractivity contribution in [1.29, 1.82) is 0 Å². The highest BCUT2D eigenvalue weighted by atomic mass is 19.4. The third kappa shape index (κ3) is 4.48. The molecule has 0 aliphatic carbocycles. The normalized spacial score (nSPS) is 11.2. The van der Waals surface area contributed by atoms with Gasteiger partial charge < -0.3 is 10.1 Å². The van der Waals surface area contributed by atoms with Crippen LogP contribution in [0.4, 0.5) is 18.9 Å². The standard InChI is InChI=1S/C17H16F3NO2/c1-11-7-8-13(9-12(11)2)23-10-16(22)21-15-6-4-3-5-14(15)17(18,19)20/h3-9H,10H2,1-2H3,(H,21,22).